The highest BCUT2D eigenvalue weighted by Gasteiger charge is 2.62. The summed E-state index contributed by atoms with van der Waals surface area (Å²) in [5, 5.41) is 23.2. The normalized spacial score (nSPS) is 31.3. The molecule has 16 bridgehead atoms. The standard InChI is InChI=1S/4C25H29FN6O2/c1-12-4-17(22(27)34)18(26)7-19(12)29-24-28-11-20-23(30-24)32(13(2)31(20)3)25-8-14-5-15(9-25)21(33)16(6-14)10-25;3*1-12-4-17(21(27)33)18(26)7-19(12)29-23-28-11-20-22(30-23)32(24(34)31(20)3)25-8-14-5-15(9-25)13(2)16(6-14)10-25/h4,7,11,14-16,21,33H,2,5-6,8-10H2,1,3H3,(H2,27,34)(H,28,29,30);3*4,7,11,13-16H,5-6,8-10H2,1-3H3,(H2,27,33)(H,28,29,30)/i21D;13D;;. The largest absolute Gasteiger partial charge is 0.393 e. The number of nitrogens with zero attached hydrogens (tertiary/aromatic N) is 16. The summed E-state index contributed by atoms with van der Waals surface area (Å²) >= 11 is 0. The van der Waals surface area contributed by atoms with Crippen LogP contribution in [-0.2, 0) is 37.8 Å². The van der Waals surface area contributed by atoms with Crippen LogP contribution in [0.5, 0.6) is 0 Å². The lowest BCUT2D eigenvalue weighted by Crippen LogP contribution is -2.63. The van der Waals surface area contributed by atoms with Gasteiger partial charge in [-0.1, -0.05) is 27.4 Å². The van der Waals surface area contributed by atoms with E-state index in [1.807, 2.05) is 25.6 Å². The second-order valence-electron chi connectivity index (χ2n) is 42.4. The SMILES string of the molecule is Cc1cc(C(N)=O)c(F)cc1Nc1ncc2c(n1)n(C13CC4CC(C1)C(C)C(C4)C3)c(=O)n2C.Cc1cc(C(N)=O)c(F)cc1Nc1ncc2c(n1)n(C13CC4CC(C1)C(C)C(C4)C3)c(=O)n2C.[2H]C1(C)C2CC3CC1CC(n1c(=O)n(C)c4cnc(Nc5cc(F)c(C(N)=O)cc5C)nc41)(C3)C2.[2H]C1(O)C2CC3CC1CC(N1C(=C)N(C)c4cnc(Nc5cc(F)c(C(N)=O)cc5C)nc41)(C3)C2. The Morgan fingerprint density at radius 3 is 0.978 bits per heavy atom. The first kappa shape index (κ1) is 87.2. The van der Waals surface area contributed by atoms with Crippen LogP contribution in [0.1, 0.15) is 216 Å². The van der Waals surface area contributed by atoms with Gasteiger partial charge in [-0.2, -0.15) is 19.9 Å². The van der Waals surface area contributed by atoms with E-state index in [-0.39, 0.29) is 103 Å². The zero-order valence-corrected chi connectivity index (χ0v) is 78.1. The molecule has 16 saturated carbocycles. The van der Waals surface area contributed by atoms with Gasteiger partial charge < -0.3 is 59.1 Å². The summed E-state index contributed by atoms with van der Waals surface area (Å²) in [6.45, 7) is 18.2. The molecule has 8 heterocycles. The molecule has 11 aromatic rings. The summed E-state index contributed by atoms with van der Waals surface area (Å²) in [5.41, 5.74) is 28.0. The number of carbonyl (C=O) groups excluding carboxylic acids is 4. The Hall–Kier alpha value is -12.9. The number of primary amides is 4. The summed E-state index contributed by atoms with van der Waals surface area (Å²) in [7, 11) is 7.20. The number of benzene rings is 4. The van der Waals surface area contributed by atoms with Gasteiger partial charge in [0.15, 0.2) is 22.8 Å². The highest BCUT2D eigenvalue weighted by Crippen LogP contribution is 2.66. The van der Waals surface area contributed by atoms with E-state index in [1.165, 1.54) is 74.2 Å². The lowest BCUT2D eigenvalue weighted by atomic mass is 9.49. The van der Waals surface area contributed by atoms with E-state index in [1.54, 1.807) is 87.3 Å². The van der Waals surface area contributed by atoms with E-state index in [0.29, 0.717) is 144 Å². The molecule has 16 fully saturated rings. The minimum atomic E-state index is -1.37. The molecule has 17 aliphatic rings. The molecule has 1 aliphatic heterocycles. The second kappa shape index (κ2) is 32.4. The third kappa shape index (κ3) is 14.5. The van der Waals surface area contributed by atoms with Crippen LogP contribution in [0.2, 0.25) is 0 Å². The molecule has 8 unspecified atom stereocenters. The van der Waals surface area contributed by atoms with E-state index in [4.69, 9.17) is 45.6 Å². The number of carbonyl (C=O) groups is 4. The molecule has 36 heteroatoms. The van der Waals surface area contributed by atoms with Gasteiger partial charge in [-0.05, 0) is 316 Å². The molecule has 4 aromatic carbocycles. The Bertz CT molecular complexity index is 6960. The fourth-order valence-corrected chi connectivity index (χ4v) is 28.3. The number of hydrogen-bond acceptors (Lipinski definition) is 22. The average Bonchev–Trinajstić information content (AvgIpc) is 1.43. The fourth-order valence-electron chi connectivity index (χ4n) is 28.3. The Kier molecular flexibility index (Phi) is 20.8. The highest BCUT2D eigenvalue weighted by atomic mass is 19.1. The van der Waals surface area contributed by atoms with Crippen molar-refractivity contribution in [2.24, 2.45) is 133 Å². The third-order valence-electron chi connectivity index (χ3n) is 34.4. The number of aliphatic hydroxyl groups is 1. The quantitative estimate of drug-likeness (QED) is 0.0406. The molecule has 13 N–H and O–H groups in total. The topological polar surface area (TPSA) is 431 Å². The molecule has 32 nitrogen and oxygen atoms in total. The average molecular weight is 1860 g/mol. The number of nitrogens with one attached hydrogen (secondary N) is 4. The van der Waals surface area contributed by atoms with Crippen LogP contribution in [-0.4, -0.2) is 115 Å². The van der Waals surface area contributed by atoms with Gasteiger partial charge in [0.1, 0.15) is 51.3 Å². The number of hydrogen-bond donors (Lipinski definition) is 9. The van der Waals surface area contributed by atoms with Crippen LogP contribution in [0.25, 0.3) is 33.5 Å². The van der Waals surface area contributed by atoms with Crippen molar-refractivity contribution in [1.29, 1.82) is 0 Å². The zero-order chi connectivity index (χ0) is 97.6. The first-order valence-corrected chi connectivity index (χ1v) is 47.5. The first-order chi connectivity index (χ1) is 65.3. The molecule has 712 valence electrons. The predicted molar refractivity (Wildman–Crippen MR) is 506 cm³/mol. The van der Waals surface area contributed by atoms with Gasteiger partial charge in [0.25, 0.3) is 23.6 Å². The van der Waals surface area contributed by atoms with E-state index < -0.39 is 58.9 Å². The molecule has 28 rings (SSSR count). The van der Waals surface area contributed by atoms with Gasteiger partial charge >= 0.3 is 17.1 Å². The maximum Gasteiger partial charge on any atom is 0.330 e. The van der Waals surface area contributed by atoms with Gasteiger partial charge in [0.05, 0.1) is 71.1 Å². The Labute approximate surface area is 784 Å². The van der Waals surface area contributed by atoms with Crippen LogP contribution in [0, 0.1) is 140 Å². The number of halogens is 4. The number of amides is 4. The van der Waals surface area contributed by atoms with Crippen LogP contribution in [0.15, 0.2) is 100 Å². The fraction of sp³-hybridized carbons (Fsp3) is 0.510. The maximum absolute atomic E-state index is 14.4. The van der Waals surface area contributed by atoms with Crippen molar-refractivity contribution in [3.05, 3.63) is 185 Å². The van der Waals surface area contributed by atoms with Crippen molar-refractivity contribution in [3.8, 4) is 0 Å². The zero-order valence-electron chi connectivity index (χ0n) is 80.1. The minimum Gasteiger partial charge on any atom is -0.393 e. The minimum absolute atomic E-state index is 0.0518. The summed E-state index contributed by atoms with van der Waals surface area (Å²) in [6.07, 6.45) is 25.4. The maximum atomic E-state index is 14.4. The molecule has 0 spiro atoms. The van der Waals surface area contributed by atoms with Crippen molar-refractivity contribution < 1.29 is 44.6 Å². The van der Waals surface area contributed by atoms with Crippen molar-refractivity contribution in [2.45, 2.75) is 205 Å². The molecule has 0 saturated heterocycles. The molecule has 16 aliphatic carbocycles. The van der Waals surface area contributed by atoms with Crippen LogP contribution in [0.3, 0.4) is 0 Å². The summed E-state index contributed by atoms with van der Waals surface area (Å²) < 4.78 is 85.7. The molecule has 136 heavy (non-hydrogen) atoms. The molecule has 0 radical (unpaired) electrons. The summed E-state index contributed by atoms with van der Waals surface area (Å²) in [5.74, 6) is 2.83. The second-order valence-corrected chi connectivity index (χ2v) is 42.4. The third-order valence-corrected chi connectivity index (χ3v) is 34.4. The number of anilines is 10. The Balaban J connectivity index is 0.000000110. The van der Waals surface area contributed by atoms with Crippen molar-refractivity contribution in [1.82, 2.24) is 67.3 Å². The van der Waals surface area contributed by atoms with Crippen LogP contribution < -0.4 is 71.1 Å². The molecule has 8 atom stereocenters. The number of fused-ring (bicyclic) bond motifs is 4. The van der Waals surface area contributed by atoms with Gasteiger partial charge in [-0.15, -0.1) is 0 Å². The summed E-state index contributed by atoms with van der Waals surface area (Å²) in [6, 6.07) is 10.5. The van der Waals surface area contributed by atoms with E-state index in [9.17, 15) is 56.2 Å². The van der Waals surface area contributed by atoms with Crippen LogP contribution in [0.4, 0.5) is 75.6 Å². The number of aryl methyl sites for hydroxylation is 7. The van der Waals surface area contributed by atoms with E-state index in [0.717, 1.165) is 120 Å². The van der Waals surface area contributed by atoms with Gasteiger partial charge in [-0.3, -0.25) is 46.6 Å². The van der Waals surface area contributed by atoms with Gasteiger partial charge in [0.2, 0.25) is 23.8 Å². The number of aromatic nitrogens is 14. The highest BCUT2D eigenvalue weighted by molar-refractivity contribution is 5.96. The molecule has 4 amide bonds. The number of rotatable bonds is 16. The first-order valence-electron chi connectivity index (χ1n) is 48.5. The van der Waals surface area contributed by atoms with Crippen molar-refractivity contribution >= 4 is 115 Å². The lowest BCUT2D eigenvalue weighted by Gasteiger charge is -2.61. The molecular weight excluding hydrogens is 1740 g/mol. The predicted octanol–water partition coefficient (Wildman–Crippen LogP) is 14.2. The number of imidazole rings is 3. The van der Waals surface area contributed by atoms with Crippen molar-refractivity contribution in [2.75, 3.05) is 38.1 Å². The lowest BCUT2D eigenvalue weighted by molar-refractivity contribution is -0.102. The van der Waals surface area contributed by atoms with Gasteiger partial charge in [0, 0.05) is 57.8 Å². The number of nitrogens with two attached hydrogens (primary N) is 4. The smallest absolute Gasteiger partial charge is 0.330 e. The van der Waals surface area contributed by atoms with Gasteiger partial charge in [-0.25, -0.2) is 51.9 Å². The Morgan fingerprint density at radius 2 is 0.669 bits per heavy atom. The van der Waals surface area contributed by atoms with Crippen LogP contribution >= 0.6 is 0 Å². The monoisotopic (exact) mass is 1860 g/mol. The van der Waals surface area contributed by atoms with Crippen molar-refractivity contribution in [3.63, 3.8) is 0 Å². The summed E-state index contributed by atoms with van der Waals surface area (Å²) in [4.78, 5) is 127. The van der Waals surface area contributed by atoms with E-state index >= 15 is 0 Å². The van der Waals surface area contributed by atoms with E-state index in [2.05, 4.69) is 73.5 Å². The Morgan fingerprint density at radius 1 is 0.404 bits per heavy atom. The molecular formula is C100H116F4N24O8. The molecule has 7 aromatic heterocycles.